The van der Waals surface area contributed by atoms with Crippen molar-refractivity contribution >= 4 is 0 Å². The summed E-state index contributed by atoms with van der Waals surface area (Å²) in [5.41, 5.74) is 2.56. The molecule has 0 saturated heterocycles. The van der Waals surface area contributed by atoms with Crippen LogP contribution in [0.25, 0.3) is 0 Å². The van der Waals surface area contributed by atoms with Crippen LogP contribution in [0, 0.1) is 0 Å². The average molecular weight is 101 g/mol. The fourth-order valence-corrected chi connectivity index (χ4v) is 0.567. The lowest BCUT2D eigenvalue weighted by atomic mass is 10.7. The highest BCUT2D eigenvalue weighted by atomic mass is 15.6. The molecule has 0 aliphatic heterocycles. The molecular formula is C4H11N3. The van der Waals surface area contributed by atoms with Crippen molar-refractivity contribution in [1.29, 1.82) is 0 Å². The lowest BCUT2D eigenvalue weighted by molar-refractivity contribution is 0.228. The Morgan fingerprint density at radius 2 is 2.29 bits per heavy atom. The van der Waals surface area contributed by atoms with Crippen LogP contribution >= 0.6 is 0 Å². The lowest BCUT2D eigenvalue weighted by Gasteiger charge is -2.11. The van der Waals surface area contributed by atoms with E-state index in [1.807, 2.05) is 12.1 Å². The van der Waals surface area contributed by atoms with Gasteiger partial charge < -0.3 is 0 Å². The van der Waals surface area contributed by atoms with E-state index in [4.69, 9.17) is 5.84 Å². The molecule has 0 heterocycles. The quantitative estimate of drug-likeness (QED) is 0.362. The highest BCUT2D eigenvalue weighted by molar-refractivity contribution is 4.79. The van der Waals surface area contributed by atoms with Crippen LogP contribution in [0.2, 0.25) is 0 Å². The first-order chi connectivity index (χ1) is 3.34. The summed E-state index contributed by atoms with van der Waals surface area (Å²) >= 11 is 0. The molecule has 1 aliphatic carbocycles. The van der Waals surface area contributed by atoms with Crippen LogP contribution in [-0.2, 0) is 0 Å². The van der Waals surface area contributed by atoms with Crippen LogP contribution in [-0.4, -0.2) is 18.1 Å². The molecule has 0 aromatic heterocycles. The van der Waals surface area contributed by atoms with E-state index in [2.05, 4.69) is 5.53 Å². The summed E-state index contributed by atoms with van der Waals surface area (Å²) < 4.78 is 0. The Morgan fingerprint density at radius 1 is 1.71 bits per heavy atom. The standard InChI is InChI=1S/C4H11N3/c1-7(6-5)4-2-3-4/h4,6H,2-3,5H2,1H3. The van der Waals surface area contributed by atoms with E-state index in [1.165, 1.54) is 12.8 Å². The number of hydrazine groups is 2. The molecule has 0 atom stereocenters. The zero-order chi connectivity index (χ0) is 5.28. The molecule has 3 nitrogen and oxygen atoms in total. The molecule has 1 fully saturated rings. The number of nitrogens with zero attached hydrogens (tertiary/aromatic N) is 1. The lowest BCUT2D eigenvalue weighted by Crippen LogP contribution is -2.41. The third-order valence-electron chi connectivity index (χ3n) is 1.30. The van der Waals surface area contributed by atoms with Gasteiger partial charge in [-0.3, -0.25) is 5.84 Å². The van der Waals surface area contributed by atoms with Crippen LogP contribution < -0.4 is 11.4 Å². The molecule has 1 rings (SSSR count). The van der Waals surface area contributed by atoms with E-state index in [1.54, 1.807) is 0 Å². The number of hydrogen-bond acceptors (Lipinski definition) is 3. The molecule has 3 heteroatoms. The van der Waals surface area contributed by atoms with Crippen molar-refractivity contribution < 1.29 is 0 Å². The monoisotopic (exact) mass is 101 g/mol. The van der Waals surface area contributed by atoms with Gasteiger partial charge in [0, 0.05) is 13.1 Å². The maximum absolute atomic E-state index is 5.09. The predicted octanol–water partition coefficient (Wildman–Crippen LogP) is -0.541. The van der Waals surface area contributed by atoms with Crippen LogP contribution in [0.1, 0.15) is 12.8 Å². The van der Waals surface area contributed by atoms with Crippen LogP contribution in [0.3, 0.4) is 0 Å². The summed E-state index contributed by atoms with van der Waals surface area (Å²) in [4.78, 5) is 0. The highest BCUT2D eigenvalue weighted by Crippen LogP contribution is 2.22. The molecule has 3 N–H and O–H groups in total. The van der Waals surface area contributed by atoms with Crippen molar-refractivity contribution in [2.24, 2.45) is 5.84 Å². The molecule has 0 unspecified atom stereocenters. The first-order valence-corrected chi connectivity index (χ1v) is 2.53. The molecule has 0 bridgehead atoms. The summed E-state index contributed by atoms with van der Waals surface area (Å²) in [6, 6.07) is 0.713. The van der Waals surface area contributed by atoms with E-state index in [9.17, 15) is 0 Å². The van der Waals surface area contributed by atoms with Crippen LogP contribution in [0.5, 0.6) is 0 Å². The molecule has 0 radical (unpaired) electrons. The van der Waals surface area contributed by atoms with Crippen LogP contribution in [0.15, 0.2) is 0 Å². The van der Waals surface area contributed by atoms with Gasteiger partial charge >= 0.3 is 0 Å². The minimum absolute atomic E-state index is 0.713. The topological polar surface area (TPSA) is 41.3 Å². The van der Waals surface area contributed by atoms with Crippen molar-refractivity contribution in [1.82, 2.24) is 10.5 Å². The van der Waals surface area contributed by atoms with Gasteiger partial charge in [0.25, 0.3) is 0 Å². The maximum Gasteiger partial charge on any atom is 0.0254 e. The van der Waals surface area contributed by atoms with Gasteiger partial charge in [0.15, 0.2) is 0 Å². The van der Waals surface area contributed by atoms with Gasteiger partial charge in [-0.25, -0.2) is 5.01 Å². The molecule has 0 spiro atoms. The number of nitrogens with one attached hydrogen (secondary N) is 1. The summed E-state index contributed by atoms with van der Waals surface area (Å²) in [5, 5.41) is 1.93. The van der Waals surface area contributed by atoms with Crippen LogP contribution in [0.4, 0.5) is 0 Å². The summed E-state index contributed by atoms with van der Waals surface area (Å²) in [6.07, 6.45) is 2.58. The second-order valence-corrected chi connectivity index (χ2v) is 1.97. The minimum Gasteiger partial charge on any atom is -0.258 e. The van der Waals surface area contributed by atoms with E-state index >= 15 is 0 Å². The Balaban J connectivity index is 2.10. The number of hydrogen-bond donors (Lipinski definition) is 2. The van der Waals surface area contributed by atoms with Gasteiger partial charge in [-0.1, -0.05) is 0 Å². The van der Waals surface area contributed by atoms with Gasteiger partial charge in [-0.15, -0.1) is 0 Å². The normalized spacial score (nSPS) is 21.0. The zero-order valence-electron chi connectivity index (χ0n) is 4.52. The molecule has 7 heavy (non-hydrogen) atoms. The van der Waals surface area contributed by atoms with E-state index in [-0.39, 0.29) is 0 Å². The summed E-state index contributed by atoms with van der Waals surface area (Å²) in [6.45, 7) is 0. The second kappa shape index (κ2) is 1.78. The second-order valence-electron chi connectivity index (χ2n) is 1.97. The smallest absolute Gasteiger partial charge is 0.0254 e. The van der Waals surface area contributed by atoms with Gasteiger partial charge in [0.1, 0.15) is 0 Å². The van der Waals surface area contributed by atoms with Gasteiger partial charge in [-0.2, -0.15) is 5.53 Å². The molecule has 0 amide bonds. The van der Waals surface area contributed by atoms with Crippen molar-refractivity contribution in [3.63, 3.8) is 0 Å². The van der Waals surface area contributed by atoms with Crippen molar-refractivity contribution in [3.8, 4) is 0 Å². The van der Waals surface area contributed by atoms with E-state index in [0.29, 0.717) is 6.04 Å². The molecule has 0 aromatic carbocycles. The fourth-order valence-electron chi connectivity index (χ4n) is 0.567. The number of rotatable bonds is 2. The SMILES string of the molecule is CN(NN)C1CC1. The van der Waals surface area contributed by atoms with Gasteiger partial charge in [-0.05, 0) is 12.8 Å². The largest absolute Gasteiger partial charge is 0.258 e. The molecule has 0 aromatic rings. The summed E-state index contributed by atoms with van der Waals surface area (Å²) in [7, 11) is 1.96. The van der Waals surface area contributed by atoms with Crippen molar-refractivity contribution in [2.45, 2.75) is 18.9 Å². The van der Waals surface area contributed by atoms with E-state index in [0.717, 1.165) is 0 Å². The third-order valence-corrected chi connectivity index (χ3v) is 1.30. The first-order valence-electron chi connectivity index (χ1n) is 2.53. The Labute approximate surface area is 43.4 Å². The maximum atomic E-state index is 5.09. The van der Waals surface area contributed by atoms with Crippen molar-refractivity contribution in [2.75, 3.05) is 7.05 Å². The average Bonchev–Trinajstić information content (AvgIpc) is 2.44. The summed E-state index contributed by atoms with van der Waals surface area (Å²) in [5.74, 6) is 5.09. The molecule has 42 valence electrons. The van der Waals surface area contributed by atoms with E-state index < -0.39 is 0 Å². The Hall–Kier alpha value is -0.120. The molecule has 1 aliphatic rings. The Kier molecular flexibility index (Phi) is 1.27. The highest BCUT2D eigenvalue weighted by Gasteiger charge is 2.24. The third kappa shape index (κ3) is 1.12. The molecular weight excluding hydrogens is 90.1 g/mol. The first kappa shape index (κ1) is 5.03. The van der Waals surface area contributed by atoms with Gasteiger partial charge in [0.05, 0.1) is 0 Å². The molecule has 1 saturated carbocycles. The Bertz CT molecular complexity index is 60.0. The predicted molar refractivity (Wildman–Crippen MR) is 28.1 cm³/mol. The minimum atomic E-state index is 0.713. The zero-order valence-corrected chi connectivity index (χ0v) is 4.52. The van der Waals surface area contributed by atoms with Gasteiger partial charge in [0.2, 0.25) is 0 Å². The van der Waals surface area contributed by atoms with Crippen molar-refractivity contribution in [3.05, 3.63) is 0 Å². The number of nitrogens with two attached hydrogens (primary N) is 1. The Morgan fingerprint density at radius 3 is 2.43 bits per heavy atom. The fraction of sp³-hybridized carbons (Fsp3) is 1.00.